The van der Waals surface area contributed by atoms with Crippen molar-refractivity contribution in [3.63, 3.8) is 0 Å². The standard InChI is InChI=1S/C17H12FNO3/c18-13-4-2-1-3-11(13)5-7-15(20)12-6-8-16-14(9-12)19-17(21)10-22-16/h1-9H,10H2,(H,19,21). The molecule has 1 aliphatic heterocycles. The smallest absolute Gasteiger partial charge is 0.262 e. The average Bonchev–Trinajstić information content (AvgIpc) is 2.53. The van der Waals surface area contributed by atoms with Crippen LogP contribution in [0.2, 0.25) is 0 Å². The van der Waals surface area contributed by atoms with Gasteiger partial charge in [-0.05, 0) is 36.4 Å². The number of hydrogen-bond donors (Lipinski definition) is 1. The Balaban J connectivity index is 1.82. The Bertz CT molecular complexity index is 783. The van der Waals surface area contributed by atoms with E-state index in [0.717, 1.165) is 0 Å². The van der Waals surface area contributed by atoms with E-state index in [1.807, 2.05) is 0 Å². The van der Waals surface area contributed by atoms with Crippen LogP contribution in [0.5, 0.6) is 5.75 Å². The van der Waals surface area contributed by atoms with Crippen LogP contribution in [0, 0.1) is 5.82 Å². The first kappa shape index (κ1) is 14.0. The number of carbonyl (C=O) groups is 2. The van der Waals surface area contributed by atoms with Crippen molar-refractivity contribution in [2.24, 2.45) is 0 Å². The predicted molar refractivity (Wildman–Crippen MR) is 80.3 cm³/mol. The summed E-state index contributed by atoms with van der Waals surface area (Å²) in [4.78, 5) is 23.4. The third-order valence-electron chi connectivity index (χ3n) is 3.22. The number of fused-ring (bicyclic) bond motifs is 1. The third-order valence-corrected chi connectivity index (χ3v) is 3.22. The molecule has 0 radical (unpaired) electrons. The summed E-state index contributed by atoms with van der Waals surface area (Å²) < 4.78 is 18.7. The average molecular weight is 297 g/mol. The van der Waals surface area contributed by atoms with Gasteiger partial charge in [0.2, 0.25) is 0 Å². The van der Waals surface area contributed by atoms with E-state index in [-0.39, 0.29) is 18.3 Å². The van der Waals surface area contributed by atoms with Gasteiger partial charge < -0.3 is 10.1 Å². The quantitative estimate of drug-likeness (QED) is 0.700. The molecule has 0 bridgehead atoms. The second kappa shape index (κ2) is 5.81. The largest absolute Gasteiger partial charge is 0.482 e. The molecule has 2 aromatic rings. The summed E-state index contributed by atoms with van der Waals surface area (Å²) in [6.07, 6.45) is 2.72. The van der Waals surface area contributed by atoms with Crippen molar-refractivity contribution in [3.05, 3.63) is 65.5 Å². The molecule has 3 rings (SSSR count). The summed E-state index contributed by atoms with van der Waals surface area (Å²) in [5.41, 5.74) is 1.18. The number of anilines is 1. The Hall–Kier alpha value is -2.95. The molecule has 1 heterocycles. The highest BCUT2D eigenvalue weighted by atomic mass is 19.1. The molecule has 110 valence electrons. The summed E-state index contributed by atoms with van der Waals surface area (Å²) in [6, 6.07) is 11.0. The third kappa shape index (κ3) is 2.88. The maximum atomic E-state index is 13.5. The lowest BCUT2D eigenvalue weighted by atomic mass is 10.1. The second-order valence-electron chi connectivity index (χ2n) is 4.77. The van der Waals surface area contributed by atoms with Crippen molar-refractivity contribution in [2.75, 3.05) is 11.9 Å². The molecular formula is C17H12FNO3. The number of ketones is 1. The summed E-state index contributed by atoms with van der Waals surface area (Å²) in [6.45, 7) is -0.0342. The zero-order valence-corrected chi connectivity index (χ0v) is 11.5. The molecule has 4 nitrogen and oxygen atoms in total. The number of ether oxygens (including phenoxy) is 1. The first-order valence-electron chi connectivity index (χ1n) is 6.67. The lowest BCUT2D eigenvalue weighted by Crippen LogP contribution is -2.25. The Morgan fingerprint density at radius 1 is 1.23 bits per heavy atom. The van der Waals surface area contributed by atoms with Crippen molar-refractivity contribution in [2.45, 2.75) is 0 Å². The van der Waals surface area contributed by atoms with E-state index in [1.54, 1.807) is 36.4 Å². The molecule has 0 aromatic heterocycles. The number of carbonyl (C=O) groups excluding carboxylic acids is 2. The summed E-state index contributed by atoms with van der Waals surface area (Å²) in [7, 11) is 0. The van der Waals surface area contributed by atoms with Crippen LogP contribution in [0.15, 0.2) is 48.5 Å². The van der Waals surface area contributed by atoms with Crippen LogP contribution in [-0.2, 0) is 4.79 Å². The lowest BCUT2D eigenvalue weighted by molar-refractivity contribution is -0.118. The summed E-state index contributed by atoms with van der Waals surface area (Å²) in [5, 5.41) is 2.64. The number of rotatable bonds is 3. The molecular weight excluding hydrogens is 285 g/mol. The Morgan fingerprint density at radius 3 is 2.86 bits per heavy atom. The first-order chi connectivity index (χ1) is 10.6. The normalized spacial score (nSPS) is 13.4. The van der Waals surface area contributed by atoms with Gasteiger partial charge >= 0.3 is 0 Å². The maximum absolute atomic E-state index is 13.5. The summed E-state index contributed by atoms with van der Waals surface area (Å²) in [5.74, 6) is -0.420. The minimum Gasteiger partial charge on any atom is -0.482 e. The van der Waals surface area contributed by atoms with Gasteiger partial charge in [0.25, 0.3) is 5.91 Å². The zero-order chi connectivity index (χ0) is 15.5. The molecule has 0 fully saturated rings. The highest BCUT2D eigenvalue weighted by Crippen LogP contribution is 2.28. The minimum absolute atomic E-state index is 0.0342. The molecule has 0 aliphatic carbocycles. The van der Waals surface area contributed by atoms with Gasteiger partial charge in [-0.2, -0.15) is 0 Å². The van der Waals surface area contributed by atoms with Gasteiger partial charge in [-0.25, -0.2) is 4.39 Å². The van der Waals surface area contributed by atoms with Gasteiger partial charge in [0.15, 0.2) is 12.4 Å². The predicted octanol–water partition coefficient (Wildman–Crippen LogP) is 3.05. The van der Waals surface area contributed by atoms with E-state index < -0.39 is 5.82 Å². The summed E-state index contributed by atoms with van der Waals surface area (Å²) >= 11 is 0. The van der Waals surface area contributed by atoms with Crippen LogP contribution >= 0.6 is 0 Å². The molecule has 0 saturated heterocycles. The SMILES string of the molecule is O=C1COc2ccc(C(=O)C=Cc3ccccc3F)cc2N1. The number of nitrogens with one attached hydrogen (secondary N) is 1. The molecule has 22 heavy (non-hydrogen) atoms. The van der Waals surface area contributed by atoms with E-state index in [0.29, 0.717) is 22.6 Å². The fraction of sp³-hybridized carbons (Fsp3) is 0.0588. The molecule has 0 atom stereocenters. The Kier molecular flexibility index (Phi) is 3.70. The molecule has 0 unspecified atom stereocenters. The second-order valence-corrected chi connectivity index (χ2v) is 4.77. The zero-order valence-electron chi connectivity index (χ0n) is 11.5. The van der Waals surface area contributed by atoms with E-state index in [4.69, 9.17) is 4.74 Å². The number of hydrogen-bond acceptors (Lipinski definition) is 3. The van der Waals surface area contributed by atoms with Crippen molar-refractivity contribution in [1.29, 1.82) is 0 Å². The molecule has 2 aromatic carbocycles. The first-order valence-corrected chi connectivity index (χ1v) is 6.67. The molecule has 1 amide bonds. The fourth-order valence-corrected chi connectivity index (χ4v) is 2.11. The number of halogens is 1. The van der Waals surface area contributed by atoms with Gasteiger partial charge in [-0.15, -0.1) is 0 Å². The van der Waals surface area contributed by atoms with Crippen LogP contribution in [0.4, 0.5) is 10.1 Å². The van der Waals surface area contributed by atoms with Crippen LogP contribution < -0.4 is 10.1 Å². The van der Waals surface area contributed by atoms with Crippen LogP contribution in [0.1, 0.15) is 15.9 Å². The minimum atomic E-state index is -0.391. The van der Waals surface area contributed by atoms with Crippen molar-refractivity contribution < 1.29 is 18.7 Å². The topological polar surface area (TPSA) is 55.4 Å². The van der Waals surface area contributed by atoms with E-state index >= 15 is 0 Å². The molecule has 1 N–H and O–H groups in total. The van der Waals surface area contributed by atoms with Crippen LogP contribution in [0.25, 0.3) is 6.08 Å². The molecule has 0 saturated carbocycles. The van der Waals surface area contributed by atoms with Crippen molar-refractivity contribution in [3.8, 4) is 5.75 Å². The van der Waals surface area contributed by atoms with Crippen LogP contribution in [-0.4, -0.2) is 18.3 Å². The Labute approximate surface area is 126 Å². The van der Waals surface area contributed by atoms with E-state index in [1.165, 1.54) is 18.2 Å². The van der Waals surface area contributed by atoms with Gasteiger partial charge in [-0.3, -0.25) is 9.59 Å². The van der Waals surface area contributed by atoms with Crippen molar-refractivity contribution >= 4 is 23.5 Å². The number of amides is 1. The van der Waals surface area contributed by atoms with Crippen molar-refractivity contribution in [1.82, 2.24) is 0 Å². The van der Waals surface area contributed by atoms with E-state index in [9.17, 15) is 14.0 Å². The van der Waals surface area contributed by atoms with Gasteiger partial charge in [0.05, 0.1) is 5.69 Å². The highest BCUT2D eigenvalue weighted by molar-refractivity contribution is 6.08. The molecule has 5 heteroatoms. The fourth-order valence-electron chi connectivity index (χ4n) is 2.11. The number of allylic oxidation sites excluding steroid dienone is 1. The highest BCUT2D eigenvalue weighted by Gasteiger charge is 2.17. The Morgan fingerprint density at radius 2 is 2.05 bits per heavy atom. The maximum Gasteiger partial charge on any atom is 0.262 e. The molecule has 0 spiro atoms. The van der Waals surface area contributed by atoms with Gasteiger partial charge in [0.1, 0.15) is 11.6 Å². The number of benzene rings is 2. The van der Waals surface area contributed by atoms with Gasteiger partial charge in [-0.1, -0.05) is 18.2 Å². The van der Waals surface area contributed by atoms with Gasteiger partial charge in [0, 0.05) is 11.1 Å². The monoisotopic (exact) mass is 297 g/mol. The van der Waals surface area contributed by atoms with E-state index in [2.05, 4.69) is 5.32 Å². The lowest BCUT2D eigenvalue weighted by Gasteiger charge is -2.17. The molecule has 1 aliphatic rings. The van der Waals surface area contributed by atoms with Crippen LogP contribution in [0.3, 0.4) is 0 Å².